The van der Waals surface area contributed by atoms with Gasteiger partial charge in [0.1, 0.15) is 11.9 Å². The fourth-order valence-corrected chi connectivity index (χ4v) is 2.25. The van der Waals surface area contributed by atoms with Gasteiger partial charge >= 0.3 is 5.97 Å². The van der Waals surface area contributed by atoms with Crippen LogP contribution in [-0.2, 0) is 23.1 Å². The molecule has 0 N–H and O–H groups in total. The zero-order valence-electron chi connectivity index (χ0n) is 10.4. The van der Waals surface area contributed by atoms with E-state index >= 15 is 0 Å². The van der Waals surface area contributed by atoms with E-state index in [4.69, 9.17) is 4.74 Å². The summed E-state index contributed by atoms with van der Waals surface area (Å²) in [6, 6.07) is -0.0911. The summed E-state index contributed by atoms with van der Waals surface area (Å²) in [6.45, 7) is 3.95. The summed E-state index contributed by atoms with van der Waals surface area (Å²) in [6.07, 6.45) is 5.65. The third-order valence-electron chi connectivity index (χ3n) is 3.19. The maximum atomic E-state index is 11.8. The number of imidazole rings is 1. The first-order valence-electron chi connectivity index (χ1n) is 6.09. The van der Waals surface area contributed by atoms with E-state index < -0.39 is 0 Å². The Morgan fingerprint density at radius 3 is 3.12 bits per heavy atom. The van der Waals surface area contributed by atoms with Crippen LogP contribution in [0.15, 0.2) is 12.4 Å². The predicted octanol–water partition coefficient (Wildman–Crippen LogP) is 0.948. The number of hydrogen-bond donors (Lipinski definition) is 0. The molecule has 0 bridgehead atoms. The zero-order valence-corrected chi connectivity index (χ0v) is 10.4. The van der Waals surface area contributed by atoms with Gasteiger partial charge in [0.2, 0.25) is 0 Å². The first-order valence-corrected chi connectivity index (χ1v) is 6.09. The van der Waals surface area contributed by atoms with Crippen molar-refractivity contribution >= 4 is 5.97 Å². The van der Waals surface area contributed by atoms with E-state index in [1.807, 2.05) is 24.7 Å². The minimum Gasteiger partial charge on any atom is -0.465 e. The standard InChI is InChI=1S/C12H19N3O2/c1-3-17-12(16)10-5-4-7-15(10)9-11-13-6-8-14(11)2/h6,8,10H,3-5,7,9H2,1-2H3. The number of carbonyl (C=O) groups excluding carboxylic acids is 1. The van der Waals surface area contributed by atoms with Gasteiger partial charge in [-0.25, -0.2) is 4.98 Å². The third-order valence-corrected chi connectivity index (χ3v) is 3.19. The molecule has 0 amide bonds. The molecule has 94 valence electrons. The second-order valence-electron chi connectivity index (χ2n) is 4.33. The lowest BCUT2D eigenvalue weighted by molar-refractivity contribution is -0.148. The van der Waals surface area contributed by atoms with Gasteiger partial charge in [-0.3, -0.25) is 9.69 Å². The molecule has 2 heterocycles. The van der Waals surface area contributed by atoms with Crippen LogP contribution in [0.2, 0.25) is 0 Å². The van der Waals surface area contributed by atoms with E-state index in [2.05, 4.69) is 9.88 Å². The number of rotatable bonds is 4. The number of nitrogens with zero attached hydrogens (tertiary/aromatic N) is 3. The smallest absolute Gasteiger partial charge is 0.323 e. The highest BCUT2D eigenvalue weighted by atomic mass is 16.5. The lowest BCUT2D eigenvalue weighted by atomic mass is 10.2. The summed E-state index contributed by atoms with van der Waals surface area (Å²) in [5.74, 6) is 0.889. The molecule has 0 spiro atoms. The van der Waals surface area contributed by atoms with Crippen molar-refractivity contribution in [1.29, 1.82) is 0 Å². The number of aromatic nitrogens is 2. The number of likely N-dealkylation sites (tertiary alicyclic amines) is 1. The highest BCUT2D eigenvalue weighted by Crippen LogP contribution is 2.20. The molecule has 1 aliphatic heterocycles. The fourth-order valence-electron chi connectivity index (χ4n) is 2.25. The number of ether oxygens (including phenoxy) is 1. The van der Waals surface area contributed by atoms with Gasteiger partial charge in [0.05, 0.1) is 13.2 Å². The van der Waals surface area contributed by atoms with Crippen molar-refractivity contribution < 1.29 is 9.53 Å². The molecular formula is C12H19N3O2. The van der Waals surface area contributed by atoms with E-state index in [-0.39, 0.29) is 12.0 Å². The van der Waals surface area contributed by atoms with Crippen LogP contribution in [0.25, 0.3) is 0 Å². The van der Waals surface area contributed by atoms with Gasteiger partial charge in [0.15, 0.2) is 0 Å². The van der Waals surface area contributed by atoms with Gasteiger partial charge in [0.25, 0.3) is 0 Å². The normalized spacial score (nSPS) is 20.7. The van der Waals surface area contributed by atoms with Crippen LogP contribution in [0.5, 0.6) is 0 Å². The molecule has 1 fully saturated rings. The number of esters is 1. The Hall–Kier alpha value is -1.36. The van der Waals surface area contributed by atoms with Gasteiger partial charge in [-0.05, 0) is 26.3 Å². The van der Waals surface area contributed by atoms with Crippen LogP contribution in [0.4, 0.5) is 0 Å². The molecule has 1 aromatic rings. The molecule has 1 atom stereocenters. The molecular weight excluding hydrogens is 218 g/mol. The quantitative estimate of drug-likeness (QED) is 0.731. The fraction of sp³-hybridized carbons (Fsp3) is 0.667. The lowest BCUT2D eigenvalue weighted by Crippen LogP contribution is -2.37. The largest absolute Gasteiger partial charge is 0.465 e. The molecule has 17 heavy (non-hydrogen) atoms. The molecule has 5 nitrogen and oxygen atoms in total. The van der Waals surface area contributed by atoms with Crippen LogP contribution in [0, 0.1) is 0 Å². The molecule has 0 aliphatic carbocycles. The summed E-state index contributed by atoms with van der Waals surface area (Å²) in [5, 5.41) is 0. The minimum atomic E-state index is -0.0980. The number of hydrogen-bond acceptors (Lipinski definition) is 4. The molecule has 5 heteroatoms. The Kier molecular flexibility index (Phi) is 3.78. The average Bonchev–Trinajstić information content (AvgIpc) is 2.90. The van der Waals surface area contributed by atoms with Crippen molar-refractivity contribution in [2.24, 2.45) is 7.05 Å². The maximum absolute atomic E-state index is 11.8. The molecule has 1 aliphatic rings. The van der Waals surface area contributed by atoms with Crippen molar-refractivity contribution in [3.8, 4) is 0 Å². The highest BCUT2D eigenvalue weighted by molar-refractivity contribution is 5.76. The van der Waals surface area contributed by atoms with E-state index in [0.717, 1.165) is 25.2 Å². The van der Waals surface area contributed by atoms with Crippen LogP contribution in [0.3, 0.4) is 0 Å². The SMILES string of the molecule is CCOC(=O)C1CCCN1Cc1nccn1C. The topological polar surface area (TPSA) is 47.4 Å². The first kappa shape index (κ1) is 12.1. The van der Waals surface area contributed by atoms with Crippen molar-refractivity contribution in [2.45, 2.75) is 32.4 Å². The predicted molar refractivity (Wildman–Crippen MR) is 63.3 cm³/mol. The van der Waals surface area contributed by atoms with E-state index in [1.54, 1.807) is 6.20 Å². The van der Waals surface area contributed by atoms with Gasteiger partial charge in [-0.15, -0.1) is 0 Å². The van der Waals surface area contributed by atoms with Crippen LogP contribution >= 0.6 is 0 Å². The zero-order chi connectivity index (χ0) is 12.3. The summed E-state index contributed by atoms with van der Waals surface area (Å²) in [4.78, 5) is 18.2. The number of aryl methyl sites for hydroxylation is 1. The Morgan fingerprint density at radius 2 is 2.47 bits per heavy atom. The van der Waals surface area contributed by atoms with Crippen LogP contribution < -0.4 is 0 Å². The average molecular weight is 237 g/mol. The molecule has 2 rings (SSSR count). The number of carbonyl (C=O) groups is 1. The second-order valence-corrected chi connectivity index (χ2v) is 4.33. The Morgan fingerprint density at radius 1 is 1.65 bits per heavy atom. The van der Waals surface area contributed by atoms with Crippen molar-refractivity contribution in [3.63, 3.8) is 0 Å². The molecule has 1 unspecified atom stereocenters. The van der Waals surface area contributed by atoms with E-state index in [0.29, 0.717) is 13.2 Å². The molecule has 0 radical (unpaired) electrons. The van der Waals surface area contributed by atoms with Crippen molar-refractivity contribution in [1.82, 2.24) is 14.5 Å². The highest BCUT2D eigenvalue weighted by Gasteiger charge is 2.32. The first-order chi connectivity index (χ1) is 8.22. The van der Waals surface area contributed by atoms with Gasteiger partial charge in [-0.2, -0.15) is 0 Å². The van der Waals surface area contributed by atoms with E-state index in [9.17, 15) is 4.79 Å². The second kappa shape index (κ2) is 5.31. The molecule has 0 aromatic carbocycles. The van der Waals surface area contributed by atoms with Gasteiger partial charge in [0, 0.05) is 19.4 Å². The maximum Gasteiger partial charge on any atom is 0.323 e. The Bertz CT molecular complexity index is 389. The molecule has 1 aromatic heterocycles. The van der Waals surface area contributed by atoms with Crippen molar-refractivity contribution in [3.05, 3.63) is 18.2 Å². The summed E-state index contributed by atoms with van der Waals surface area (Å²) in [7, 11) is 1.97. The summed E-state index contributed by atoms with van der Waals surface area (Å²) < 4.78 is 7.08. The van der Waals surface area contributed by atoms with Crippen LogP contribution in [-0.4, -0.2) is 39.6 Å². The van der Waals surface area contributed by atoms with Crippen LogP contribution in [0.1, 0.15) is 25.6 Å². The Balaban J connectivity index is 2.00. The summed E-state index contributed by atoms with van der Waals surface area (Å²) >= 11 is 0. The monoisotopic (exact) mass is 237 g/mol. The Labute approximate surface area is 101 Å². The van der Waals surface area contributed by atoms with Gasteiger partial charge in [-0.1, -0.05) is 0 Å². The third kappa shape index (κ3) is 2.66. The minimum absolute atomic E-state index is 0.0911. The molecule has 1 saturated heterocycles. The van der Waals surface area contributed by atoms with Gasteiger partial charge < -0.3 is 9.30 Å². The van der Waals surface area contributed by atoms with Crippen molar-refractivity contribution in [2.75, 3.05) is 13.2 Å². The molecule has 0 saturated carbocycles. The lowest BCUT2D eigenvalue weighted by Gasteiger charge is -2.22. The van der Waals surface area contributed by atoms with E-state index in [1.165, 1.54) is 0 Å². The summed E-state index contributed by atoms with van der Waals surface area (Å²) in [5.41, 5.74) is 0.